The number of benzene rings is 2. The highest BCUT2D eigenvalue weighted by molar-refractivity contribution is 5.46. The van der Waals surface area contributed by atoms with Gasteiger partial charge in [0.15, 0.2) is 0 Å². The van der Waals surface area contributed by atoms with E-state index >= 15 is 0 Å². The molecule has 0 aliphatic carbocycles. The van der Waals surface area contributed by atoms with E-state index in [0.29, 0.717) is 25.0 Å². The molecule has 172 valence electrons. The number of ether oxygens (including phenoxy) is 2. The third-order valence-electron chi connectivity index (χ3n) is 5.33. The molecule has 2 aromatic carbocycles. The van der Waals surface area contributed by atoms with Crippen LogP contribution in [0.4, 0.5) is 0 Å². The molecule has 2 rings (SSSR count). The fourth-order valence-corrected chi connectivity index (χ4v) is 3.92. The topological polar surface area (TPSA) is 21.7 Å². The second-order valence-electron chi connectivity index (χ2n) is 9.81. The van der Waals surface area contributed by atoms with E-state index in [1.807, 2.05) is 0 Å². The van der Waals surface area contributed by atoms with Crippen molar-refractivity contribution in [3.05, 3.63) is 64.2 Å². The van der Waals surface area contributed by atoms with E-state index < -0.39 is 0 Å². The average molecular weight is 426 g/mol. The van der Waals surface area contributed by atoms with Gasteiger partial charge in [0.1, 0.15) is 12.4 Å². The zero-order chi connectivity index (χ0) is 22.8. The predicted molar refractivity (Wildman–Crippen MR) is 132 cm³/mol. The minimum Gasteiger partial charge on any atom is -0.491 e. The monoisotopic (exact) mass is 425 g/mol. The number of rotatable bonds is 13. The summed E-state index contributed by atoms with van der Waals surface area (Å²) >= 11 is 0. The molecular weight excluding hydrogens is 382 g/mol. The van der Waals surface area contributed by atoms with Crippen LogP contribution in [-0.2, 0) is 30.5 Å². The first kappa shape index (κ1) is 25.4. The SMILES string of the molecule is Cc1ccc(CC(C)C)c(CC(C)C)c1OCCOCCc1ccc(CN(C)C)cc1. The van der Waals surface area contributed by atoms with Crippen molar-refractivity contribution in [2.75, 3.05) is 33.9 Å². The predicted octanol–water partition coefficient (Wildman–Crippen LogP) is 6.09. The van der Waals surface area contributed by atoms with Gasteiger partial charge in [0.05, 0.1) is 13.2 Å². The van der Waals surface area contributed by atoms with Crippen LogP contribution >= 0.6 is 0 Å². The third-order valence-corrected chi connectivity index (χ3v) is 5.33. The molecule has 0 aromatic heterocycles. The number of hydrogen-bond donors (Lipinski definition) is 0. The molecule has 0 atom stereocenters. The van der Waals surface area contributed by atoms with Crippen LogP contribution in [0.15, 0.2) is 36.4 Å². The lowest BCUT2D eigenvalue weighted by molar-refractivity contribution is 0.102. The molecule has 0 bridgehead atoms. The first-order valence-electron chi connectivity index (χ1n) is 11.8. The lowest BCUT2D eigenvalue weighted by atomic mass is 9.90. The fourth-order valence-electron chi connectivity index (χ4n) is 3.92. The zero-order valence-electron chi connectivity index (χ0n) is 20.8. The van der Waals surface area contributed by atoms with Crippen molar-refractivity contribution >= 4 is 0 Å². The molecule has 0 N–H and O–H groups in total. The van der Waals surface area contributed by atoms with Crippen LogP contribution in [0.5, 0.6) is 5.75 Å². The number of hydrogen-bond acceptors (Lipinski definition) is 3. The van der Waals surface area contributed by atoms with E-state index in [1.54, 1.807) is 0 Å². The first-order chi connectivity index (χ1) is 14.8. The molecule has 0 fully saturated rings. The highest BCUT2D eigenvalue weighted by Gasteiger charge is 2.15. The zero-order valence-corrected chi connectivity index (χ0v) is 20.8. The Labute approximate surface area is 190 Å². The van der Waals surface area contributed by atoms with Crippen molar-refractivity contribution in [2.45, 2.75) is 60.4 Å². The van der Waals surface area contributed by atoms with Crippen molar-refractivity contribution < 1.29 is 9.47 Å². The van der Waals surface area contributed by atoms with E-state index in [-0.39, 0.29) is 0 Å². The minimum absolute atomic E-state index is 0.596. The van der Waals surface area contributed by atoms with E-state index in [2.05, 4.69) is 90.0 Å². The maximum Gasteiger partial charge on any atom is 0.125 e. The Balaban J connectivity index is 1.84. The Morgan fingerprint density at radius 1 is 0.774 bits per heavy atom. The summed E-state index contributed by atoms with van der Waals surface area (Å²) in [5.74, 6) is 2.32. The Bertz CT molecular complexity index is 778. The molecule has 0 saturated heterocycles. The van der Waals surface area contributed by atoms with E-state index in [1.165, 1.54) is 27.8 Å². The van der Waals surface area contributed by atoms with Gasteiger partial charge in [-0.3, -0.25) is 0 Å². The molecule has 2 aromatic rings. The van der Waals surface area contributed by atoms with Crippen LogP contribution in [0.2, 0.25) is 0 Å². The summed E-state index contributed by atoms with van der Waals surface area (Å²) in [6, 6.07) is 13.3. The normalized spacial score (nSPS) is 11.7. The molecule has 3 heteroatoms. The van der Waals surface area contributed by atoms with Crippen molar-refractivity contribution in [3.63, 3.8) is 0 Å². The van der Waals surface area contributed by atoms with Crippen molar-refractivity contribution in [1.82, 2.24) is 4.90 Å². The van der Waals surface area contributed by atoms with Gasteiger partial charge in [0.2, 0.25) is 0 Å². The van der Waals surface area contributed by atoms with Crippen LogP contribution in [0, 0.1) is 18.8 Å². The fraction of sp³-hybridized carbons (Fsp3) is 0.571. The van der Waals surface area contributed by atoms with Crippen molar-refractivity contribution in [1.29, 1.82) is 0 Å². The average Bonchev–Trinajstić information content (AvgIpc) is 2.68. The van der Waals surface area contributed by atoms with Crippen molar-refractivity contribution in [2.24, 2.45) is 11.8 Å². The number of nitrogens with zero attached hydrogens (tertiary/aromatic N) is 1. The maximum absolute atomic E-state index is 6.27. The van der Waals surface area contributed by atoms with Crippen molar-refractivity contribution in [3.8, 4) is 5.75 Å². The Kier molecular flexibility index (Phi) is 10.6. The summed E-state index contributed by atoms with van der Waals surface area (Å²) < 4.78 is 12.1. The molecule has 0 spiro atoms. The van der Waals surface area contributed by atoms with Crippen LogP contribution in [-0.4, -0.2) is 38.8 Å². The molecule has 0 heterocycles. The highest BCUT2D eigenvalue weighted by Crippen LogP contribution is 2.31. The second-order valence-corrected chi connectivity index (χ2v) is 9.81. The van der Waals surface area contributed by atoms with Gasteiger partial charge in [-0.15, -0.1) is 0 Å². The van der Waals surface area contributed by atoms with E-state index in [0.717, 1.165) is 38.2 Å². The first-order valence-corrected chi connectivity index (χ1v) is 11.8. The Hall–Kier alpha value is -1.84. The van der Waals surface area contributed by atoms with Gasteiger partial charge < -0.3 is 14.4 Å². The van der Waals surface area contributed by atoms with Crippen LogP contribution in [0.1, 0.15) is 55.5 Å². The number of aryl methyl sites for hydroxylation is 1. The molecule has 0 saturated carbocycles. The van der Waals surface area contributed by atoms with Crippen LogP contribution < -0.4 is 4.74 Å². The summed E-state index contributed by atoms with van der Waals surface area (Å²) in [5.41, 5.74) is 6.71. The molecule has 0 aliphatic rings. The van der Waals surface area contributed by atoms with Gasteiger partial charge in [-0.2, -0.15) is 0 Å². The smallest absolute Gasteiger partial charge is 0.125 e. The summed E-state index contributed by atoms with van der Waals surface area (Å²) in [6.07, 6.45) is 3.09. The van der Waals surface area contributed by atoms with Crippen LogP contribution in [0.3, 0.4) is 0 Å². The maximum atomic E-state index is 6.27. The minimum atomic E-state index is 0.596. The quantitative estimate of drug-likeness (QED) is 0.362. The summed E-state index contributed by atoms with van der Waals surface area (Å²) in [5, 5.41) is 0. The van der Waals surface area contributed by atoms with Gasteiger partial charge in [-0.1, -0.05) is 64.1 Å². The van der Waals surface area contributed by atoms with Gasteiger partial charge in [0, 0.05) is 6.54 Å². The third kappa shape index (κ3) is 9.04. The molecule has 0 radical (unpaired) electrons. The largest absolute Gasteiger partial charge is 0.491 e. The molecular formula is C28H43NO2. The lowest BCUT2D eigenvalue weighted by Crippen LogP contribution is -2.13. The van der Waals surface area contributed by atoms with E-state index in [9.17, 15) is 0 Å². The second kappa shape index (κ2) is 12.9. The Morgan fingerprint density at radius 3 is 2.03 bits per heavy atom. The molecule has 0 amide bonds. The van der Waals surface area contributed by atoms with E-state index in [4.69, 9.17) is 9.47 Å². The lowest BCUT2D eigenvalue weighted by Gasteiger charge is -2.20. The molecule has 0 aliphatic heterocycles. The molecule has 31 heavy (non-hydrogen) atoms. The Morgan fingerprint density at radius 2 is 1.42 bits per heavy atom. The van der Waals surface area contributed by atoms with Gasteiger partial charge in [-0.25, -0.2) is 0 Å². The molecule has 0 unspecified atom stereocenters. The van der Waals surface area contributed by atoms with Gasteiger partial charge in [0.25, 0.3) is 0 Å². The standard InChI is InChI=1S/C28H43NO2/c1-21(2)18-26-13-8-23(5)28(27(26)19-22(3)4)31-17-16-30-15-14-24-9-11-25(12-10-24)20-29(6)7/h8-13,21-22H,14-20H2,1-7H3. The molecule has 3 nitrogen and oxygen atoms in total. The highest BCUT2D eigenvalue weighted by atomic mass is 16.5. The van der Waals surface area contributed by atoms with Crippen LogP contribution in [0.25, 0.3) is 0 Å². The summed E-state index contributed by atoms with van der Waals surface area (Å²) in [4.78, 5) is 2.19. The van der Waals surface area contributed by atoms with Gasteiger partial charge in [-0.05, 0) is 79.9 Å². The summed E-state index contributed by atoms with van der Waals surface area (Å²) in [6.45, 7) is 14.2. The summed E-state index contributed by atoms with van der Waals surface area (Å²) in [7, 11) is 4.19. The van der Waals surface area contributed by atoms with Gasteiger partial charge >= 0.3 is 0 Å².